The van der Waals surface area contributed by atoms with Crippen molar-refractivity contribution >= 4 is 29.4 Å². The number of nitrogens with zero attached hydrogens (tertiary/aromatic N) is 2. The van der Waals surface area contributed by atoms with Gasteiger partial charge in [-0.15, -0.1) is 11.8 Å². The molecule has 19 heavy (non-hydrogen) atoms. The van der Waals surface area contributed by atoms with Crippen molar-refractivity contribution < 1.29 is 9.32 Å². The molecule has 2 aliphatic rings. The van der Waals surface area contributed by atoms with Crippen molar-refractivity contribution in [2.24, 2.45) is 0 Å². The molecule has 3 rings (SSSR count). The van der Waals surface area contributed by atoms with Crippen LogP contribution in [0.4, 0.5) is 0 Å². The maximum atomic E-state index is 11.6. The Morgan fingerprint density at radius 3 is 3.11 bits per heavy atom. The summed E-state index contributed by atoms with van der Waals surface area (Å²) in [5.74, 6) is 4.67. The van der Waals surface area contributed by atoms with E-state index in [1.165, 1.54) is 5.75 Å². The van der Waals surface area contributed by atoms with Crippen molar-refractivity contribution in [1.82, 2.24) is 20.8 Å². The number of amides is 1. The lowest BCUT2D eigenvalue weighted by atomic mass is 10.1. The molecule has 1 aromatic heterocycles. The highest BCUT2D eigenvalue weighted by Gasteiger charge is 2.26. The summed E-state index contributed by atoms with van der Waals surface area (Å²) in [6.07, 6.45) is 0.462. The average molecular weight is 300 g/mol. The maximum Gasteiger partial charge on any atom is 0.237 e. The Balaban J connectivity index is 1.62. The van der Waals surface area contributed by atoms with E-state index in [1.54, 1.807) is 0 Å². The number of piperazine rings is 1. The van der Waals surface area contributed by atoms with Gasteiger partial charge in [-0.3, -0.25) is 4.79 Å². The predicted octanol–water partition coefficient (Wildman–Crippen LogP) is 0.221. The highest BCUT2D eigenvalue weighted by atomic mass is 32.2. The Labute approximate surface area is 119 Å². The zero-order valence-electron chi connectivity index (χ0n) is 10.4. The van der Waals surface area contributed by atoms with Crippen molar-refractivity contribution in [2.45, 2.75) is 17.7 Å². The highest BCUT2D eigenvalue weighted by Crippen LogP contribution is 2.35. The van der Waals surface area contributed by atoms with Gasteiger partial charge in [0.15, 0.2) is 5.82 Å². The fourth-order valence-corrected chi connectivity index (χ4v) is 4.70. The van der Waals surface area contributed by atoms with Gasteiger partial charge >= 0.3 is 0 Å². The fraction of sp³-hybridized carbons (Fsp3) is 0.727. The average Bonchev–Trinajstić information content (AvgIpc) is 2.91. The first kappa shape index (κ1) is 13.3. The van der Waals surface area contributed by atoms with Crippen molar-refractivity contribution in [3.05, 3.63) is 11.7 Å². The number of thioether (sulfide) groups is 2. The van der Waals surface area contributed by atoms with E-state index in [4.69, 9.17) is 4.52 Å². The van der Waals surface area contributed by atoms with Crippen molar-refractivity contribution in [3.8, 4) is 0 Å². The topological polar surface area (TPSA) is 80.0 Å². The third kappa shape index (κ3) is 3.24. The Kier molecular flexibility index (Phi) is 4.29. The molecule has 1 aromatic rings. The van der Waals surface area contributed by atoms with E-state index >= 15 is 0 Å². The van der Waals surface area contributed by atoms with Crippen molar-refractivity contribution in [1.29, 1.82) is 0 Å². The van der Waals surface area contributed by atoms with Crippen LogP contribution in [0.5, 0.6) is 0 Å². The number of carbonyl (C=O) groups is 1. The second kappa shape index (κ2) is 6.15. The van der Waals surface area contributed by atoms with E-state index in [2.05, 4.69) is 20.8 Å². The molecule has 0 aliphatic carbocycles. The number of nitrogens with one attached hydrogen (secondary N) is 2. The molecule has 0 bridgehead atoms. The summed E-state index contributed by atoms with van der Waals surface area (Å²) >= 11 is 3.80. The van der Waals surface area contributed by atoms with E-state index in [0.717, 1.165) is 23.9 Å². The zero-order valence-corrected chi connectivity index (χ0v) is 12.1. The minimum Gasteiger partial charge on any atom is -0.353 e. The number of hydrogen-bond acceptors (Lipinski definition) is 7. The molecule has 2 saturated heterocycles. The van der Waals surface area contributed by atoms with Gasteiger partial charge in [0.05, 0.1) is 17.7 Å². The molecular weight excluding hydrogens is 284 g/mol. The molecule has 6 nitrogen and oxygen atoms in total. The lowest BCUT2D eigenvalue weighted by molar-refractivity contribution is -0.124. The maximum absolute atomic E-state index is 11.6. The molecule has 2 N–H and O–H groups in total. The quantitative estimate of drug-likeness (QED) is 0.826. The Morgan fingerprint density at radius 1 is 1.37 bits per heavy atom. The molecule has 104 valence electrons. The van der Waals surface area contributed by atoms with E-state index in [-0.39, 0.29) is 11.9 Å². The second-order valence-corrected chi connectivity index (χ2v) is 6.94. The van der Waals surface area contributed by atoms with E-state index < -0.39 is 0 Å². The monoisotopic (exact) mass is 300 g/mol. The lowest BCUT2D eigenvalue weighted by Crippen LogP contribution is -2.53. The Morgan fingerprint density at radius 2 is 2.32 bits per heavy atom. The summed E-state index contributed by atoms with van der Waals surface area (Å²) in [5, 5.41) is 10.4. The minimum absolute atomic E-state index is 0.00796. The van der Waals surface area contributed by atoms with Crippen LogP contribution in [0.15, 0.2) is 4.52 Å². The molecule has 1 amide bonds. The van der Waals surface area contributed by atoms with Crippen LogP contribution in [0.3, 0.4) is 0 Å². The Hall–Kier alpha value is -0.730. The summed E-state index contributed by atoms with van der Waals surface area (Å²) < 4.78 is 5.27. The number of rotatable bonds is 3. The number of carbonyl (C=O) groups excluding carboxylic acids is 1. The molecule has 2 fully saturated rings. The van der Waals surface area contributed by atoms with Crippen LogP contribution in [0.1, 0.15) is 17.0 Å². The van der Waals surface area contributed by atoms with E-state index in [1.807, 2.05) is 23.5 Å². The summed E-state index contributed by atoms with van der Waals surface area (Å²) in [5.41, 5.74) is 0. The summed E-state index contributed by atoms with van der Waals surface area (Å²) in [4.78, 5) is 16.1. The normalized spacial score (nSPS) is 28.1. The van der Waals surface area contributed by atoms with Crippen LogP contribution in [0, 0.1) is 0 Å². The molecular formula is C11H16N4O2S2. The standard InChI is InChI=1S/C11H16N4O2S2/c16-11-7(12-1-2-13-11)5-9-14-10(15-17-9)8-6-18-3-4-19-8/h7-8,12H,1-6H2,(H,13,16). The van der Waals surface area contributed by atoms with Crippen LogP contribution in [0.2, 0.25) is 0 Å². The van der Waals surface area contributed by atoms with Gasteiger partial charge in [-0.1, -0.05) is 5.16 Å². The van der Waals surface area contributed by atoms with Crippen molar-refractivity contribution in [2.75, 3.05) is 30.3 Å². The molecule has 0 aromatic carbocycles. The van der Waals surface area contributed by atoms with Gasteiger partial charge in [-0.2, -0.15) is 16.7 Å². The highest BCUT2D eigenvalue weighted by molar-refractivity contribution is 8.06. The van der Waals surface area contributed by atoms with Gasteiger partial charge in [-0.25, -0.2) is 0 Å². The van der Waals surface area contributed by atoms with Gasteiger partial charge in [0.2, 0.25) is 11.8 Å². The van der Waals surface area contributed by atoms with Crippen LogP contribution < -0.4 is 10.6 Å². The first-order valence-corrected chi connectivity index (χ1v) is 8.56. The lowest BCUT2D eigenvalue weighted by Gasteiger charge is -2.21. The summed E-state index contributed by atoms with van der Waals surface area (Å²) in [6.45, 7) is 1.47. The van der Waals surface area contributed by atoms with Gasteiger partial charge in [0.25, 0.3) is 0 Å². The summed E-state index contributed by atoms with van der Waals surface area (Å²) in [7, 11) is 0. The predicted molar refractivity (Wildman–Crippen MR) is 75.3 cm³/mol. The first-order chi connectivity index (χ1) is 9.33. The molecule has 0 saturated carbocycles. The van der Waals surface area contributed by atoms with E-state index in [0.29, 0.717) is 24.1 Å². The third-order valence-electron chi connectivity index (χ3n) is 3.10. The van der Waals surface area contributed by atoms with Gasteiger partial charge in [0, 0.05) is 30.3 Å². The second-order valence-electron chi connectivity index (χ2n) is 4.48. The summed E-state index contributed by atoms with van der Waals surface area (Å²) in [6, 6.07) is -0.254. The Bertz CT molecular complexity index is 448. The smallest absolute Gasteiger partial charge is 0.237 e. The van der Waals surface area contributed by atoms with E-state index in [9.17, 15) is 4.79 Å². The molecule has 3 heterocycles. The molecule has 8 heteroatoms. The number of hydrogen-bond donors (Lipinski definition) is 2. The first-order valence-electron chi connectivity index (χ1n) is 6.36. The molecule has 2 unspecified atom stereocenters. The zero-order chi connectivity index (χ0) is 13.1. The molecule has 2 aliphatic heterocycles. The third-order valence-corrected chi connectivity index (χ3v) is 5.85. The van der Waals surface area contributed by atoms with Crippen LogP contribution >= 0.6 is 23.5 Å². The number of aromatic nitrogens is 2. The molecule has 2 atom stereocenters. The molecule has 0 spiro atoms. The van der Waals surface area contributed by atoms with Gasteiger partial charge in [0.1, 0.15) is 0 Å². The van der Waals surface area contributed by atoms with Crippen LogP contribution in [-0.2, 0) is 11.2 Å². The SMILES string of the molecule is O=C1NCCNC1Cc1nc(C2CSCCS2)no1. The van der Waals surface area contributed by atoms with Gasteiger partial charge < -0.3 is 15.2 Å². The molecule has 0 radical (unpaired) electrons. The van der Waals surface area contributed by atoms with Crippen LogP contribution in [0.25, 0.3) is 0 Å². The fourth-order valence-electron chi connectivity index (χ4n) is 2.11. The van der Waals surface area contributed by atoms with Crippen LogP contribution in [-0.4, -0.2) is 52.4 Å². The van der Waals surface area contributed by atoms with Crippen molar-refractivity contribution in [3.63, 3.8) is 0 Å². The largest absolute Gasteiger partial charge is 0.353 e. The minimum atomic E-state index is -0.254. The van der Waals surface area contributed by atoms with Gasteiger partial charge in [-0.05, 0) is 0 Å².